The van der Waals surface area contributed by atoms with Gasteiger partial charge in [-0.1, -0.05) is 0 Å². The van der Waals surface area contributed by atoms with E-state index in [1.807, 2.05) is 12.1 Å². The van der Waals surface area contributed by atoms with Gasteiger partial charge in [0.1, 0.15) is 0 Å². The Kier molecular flexibility index (Phi) is 5.65. The number of pyridine rings is 2. The lowest BCUT2D eigenvalue weighted by molar-refractivity contribution is 0.0593. The van der Waals surface area contributed by atoms with E-state index in [4.69, 9.17) is 5.11 Å². The maximum Gasteiger partial charge on any atom is 0.356 e. The number of nitrogens with one attached hydrogen (secondary N) is 2. The number of fused-ring (bicyclic) bond motifs is 8. The van der Waals surface area contributed by atoms with E-state index in [0.717, 1.165) is 55.6 Å². The standard InChI is InChI=1S/C12H15N3O2.C11H13N3O2/c1-17-12(16)9-4-5-10-11(14-9)13-8-3-2-6-15(10)7-8;15-11(16)8-3-4-9-10(13-8)12-7-2-1-5-14(9)6-7/h4-5,8H,2-3,6-7H2,1H3,(H,13,14);3-4,7H,1-2,5-6H2,(H,12,13)(H,15,16)/t8-;7-/m00/s1. The average molecular weight is 453 g/mol. The largest absolute Gasteiger partial charge is 0.477 e. The molecule has 3 N–H and O–H groups in total. The zero-order valence-corrected chi connectivity index (χ0v) is 18.6. The van der Waals surface area contributed by atoms with E-state index >= 15 is 0 Å². The van der Waals surface area contributed by atoms with Gasteiger partial charge in [-0.25, -0.2) is 19.6 Å². The van der Waals surface area contributed by atoms with Gasteiger partial charge in [0.15, 0.2) is 23.0 Å². The second kappa shape index (κ2) is 8.76. The molecule has 0 aromatic carbocycles. The van der Waals surface area contributed by atoms with Gasteiger partial charge < -0.3 is 30.3 Å². The third kappa shape index (κ3) is 4.24. The van der Waals surface area contributed by atoms with E-state index < -0.39 is 5.97 Å². The van der Waals surface area contributed by atoms with Crippen LogP contribution in [0.15, 0.2) is 24.3 Å². The van der Waals surface area contributed by atoms with E-state index in [2.05, 4.69) is 35.1 Å². The summed E-state index contributed by atoms with van der Waals surface area (Å²) in [4.78, 5) is 35.3. The number of carboxylic acids is 1. The normalized spacial score (nSPS) is 21.8. The van der Waals surface area contributed by atoms with Crippen molar-refractivity contribution in [2.24, 2.45) is 0 Å². The number of aromatic nitrogens is 2. The first-order chi connectivity index (χ1) is 16.0. The molecule has 2 aromatic heterocycles. The summed E-state index contributed by atoms with van der Waals surface area (Å²) in [6.45, 7) is 4.15. The fourth-order valence-electron chi connectivity index (χ4n) is 4.98. The predicted octanol–water partition coefficient (Wildman–Crippen LogP) is 2.44. The summed E-state index contributed by atoms with van der Waals surface area (Å²) in [6.07, 6.45) is 4.68. The molecule has 174 valence electrons. The van der Waals surface area contributed by atoms with Gasteiger partial charge in [-0.05, 0) is 49.9 Å². The average Bonchev–Trinajstić information content (AvgIpc) is 2.83. The lowest BCUT2D eigenvalue weighted by atomic mass is 10.0. The summed E-state index contributed by atoms with van der Waals surface area (Å²) in [5.74, 6) is 0.162. The Morgan fingerprint density at radius 3 is 1.94 bits per heavy atom. The Morgan fingerprint density at radius 1 is 0.909 bits per heavy atom. The van der Waals surface area contributed by atoms with Crippen molar-refractivity contribution in [3.05, 3.63) is 35.7 Å². The zero-order chi connectivity index (χ0) is 22.9. The van der Waals surface area contributed by atoms with Crippen molar-refractivity contribution < 1.29 is 19.4 Å². The van der Waals surface area contributed by atoms with Gasteiger partial charge in [0, 0.05) is 38.3 Å². The quantitative estimate of drug-likeness (QED) is 0.586. The number of methoxy groups -OCH3 is 1. The van der Waals surface area contributed by atoms with Gasteiger partial charge in [0.25, 0.3) is 0 Å². The molecule has 0 aliphatic carbocycles. The summed E-state index contributed by atoms with van der Waals surface area (Å²) in [7, 11) is 1.37. The molecule has 0 saturated carbocycles. The van der Waals surface area contributed by atoms with E-state index in [1.165, 1.54) is 26.4 Å². The minimum atomic E-state index is -0.977. The van der Waals surface area contributed by atoms with E-state index in [-0.39, 0.29) is 11.7 Å². The topological polar surface area (TPSA) is 120 Å². The maximum atomic E-state index is 11.4. The molecule has 4 aliphatic rings. The van der Waals surface area contributed by atoms with Gasteiger partial charge >= 0.3 is 11.9 Å². The second-order valence-corrected chi connectivity index (χ2v) is 8.78. The molecule has 0 amide bonds. The second-order valence-electron chi connectivity index (χ2n) is 8.78. The number of carbonyl (C=O) groups is 2. The molecule has 0 unspecified atom stereocenters. The Balaban J connectivity index is 0.000000139. The molecule has 0 spiro atoms. The van der Waals surface area contributed by atoms with Crippen LogP contribution in [0.2, 0.25) is 0 Å². The molecule has 2 atom stereocenters. The van der Waals surface area contributed by atoms with Crippen molar-refractivity contribution in [2.75, 3.05) is 53.7 Å². The molecule has 6 rings (SSSR count). The molecule has 2 saturated heterocycles. The highest BCUT2D eigenvalue weighted by molar-refractivity contribution is 5.89. The van der Waals surface area contributed by atoms with Crippen LogP contribution in [0.4, 0.5) is 23.0 Å². The van der Waals surface area contributed by atoms with Crippen LogP contribution in [0.5, 0.6) is 0 Å². The van der Waals surface area contributed by atoms with Crippen LogP contribution in [0, 0.1) is 0 Å². The van der Waals surface area contributed by atoms with Gasteiger partial charge in [-0.2, -0.15) is 0 Å². The van der Waals surface area contributed by atoms with Crippen LogP contribution < -0.4 is 20.4 Å². The number of ether oxygens (including phenoxy) is 1. The molecule has 10 heteroatoms. The number of esters is 1. The molecule has 4 aliphatic heterocycles. The van der Waals surface area contributed by atoms with E-state index in [0.29, 0.717) is 17.8 Å². The Morgan fingerprint density at radius 2 is 1.42 bits per heavy atom. The third-order valence-corrected chi connectivity index (χ3v) is 6.57. The fourth-order valence-corrected chi connectivity index (χ4v) is 4.98. The molecule has 2 aromatic rings. The van der Waals surface area contributed by atoms with Crippen LogP contribution >= 0.6 is 0 Å². The molecule has 33 heavy (non-hydrogen) atoms. The number of carbonyl (C=O) groups excluding carboxylic acids is 1. The van der Waals surface area contributed by atoms with Crippen LogP contribution in [0.25, 0.3) is 0 Å². The van der Waals surface area contributed by atoms with Gasteiger partial charge in [0.2, 0.25) is 0 Å². The van der Waals surface area contributed by atoms with Crippen molar-refractivity contribution in [2.45, 2.75) is 37.8 Å². The van der Waals surface area contributed by atoms with Crippen LogP contribution in [0.3, 0.4) is 0 Å². The molecule has 2 fully saturated rings. The van der Waals surface area contributed by atoms with E-state index in [9.17, 15) is 9.59 Å². The third-order valence-electron chi connectivity index (χ3n) is 6.57. The lowest BCUT2D eigenvalue weighted by Gasteiger charge is -2.40. The van der Waals surface area contributed by atoms with Crippen molar-refractivity contribution >= 4 is 34.9 Å². The summed E-state index contributed by atoms with van der Waals surface area (Å²) in [5, 5.41) is 15.6. The highest BCUT2D eigenvalue weighted by atomic mass is 16.5. The highest BCUT2D eigenvalue weighted by Gasteiger charge is 2.30. The number of hydrogen-bond acceptors (Lipinski definition) is 9. The molecular formula is C23H28N6O4. The predicted molar refractivity (Wildman–Crippen MR) is 124 cm³/mol. The smallest absolute Gasteiger partial charge is 0.356 e. The molecule has 10 nitrogen and oxygen atoms in total. The molecule has 6 heterocycles. The van der Waals surface area contributed by atoms with E-state index in [1.54, 1.807) is 12.1 Å². The SMILES string of the molecule is COC(=O)c1ccc2c(n1)N[C@H]1CCCN2C1.O=C(O)c1ccc2c(n1)N[C@H]1CCCN2C1. The molecular weight excluding hydrogens is 424 g/mol. The van der Waals surface area contributed by atoms with Gasteiger partial charge in [0.05, 0.1) is 18.5 Å². The van der Waals surface area contributed by atoms with Crippen LogP contribution in [-0.2, 0) is 4.74 Å². The van der Waals surface area contributed by atoms with Crippen LogP contribution in [-0.4, -0.2) is 72.4 Å². The summed E-state index contributed by atoms with van der Waals surface area (Å²) >= 11 is 0. The Bertz CT molecular complexity index is 1080. The first-order valence-corrected chi connectivity index (χ1v) is 11.4. The van der Waals surface area contributed by atoms with Crippen molar-refractivity contribution in [1.29, 1.82) is 0 Å². The summed E-state index contributed by atoms with van der Waals surface area (Å²) < 4.78 is 4.68. The first kappa shape index (κ1) is 21.3. The van der Waals surface area contributed by atoms with Crippen molar-refractivity contribution in [3.63, 3.8) is 0 Å². The monoisotopic (exact) mass is 452 g/mol. The number of piperidine rings is 2. The summed E-state index contributed by atoms with van der Waals surface area (Å²) in [6, 6.07) is 7.96. The number of hydrogen-bond donors (Lipinski definition) is 3. The number of carboxylic acid groups (broad SMARTS) is 1. The van der Waals surface area contributed by atoms with Gasteiger partial charge in [-0.15, -0.1) is 0 Å². The Hall–Kier alpha value is -3.56. The van der Waals surface area contributed by atoms with Crippen LogP contribution in [0.1, 0.15) is 46.7 Å². The first-order valence-electron chi connectivity index (χ1n) is 11.4. The van der Waals surface area contributed by atoms with Gasteiger partial charge in [-0.3, -0.25) is 0 Å². The zero-order valence-electron chi connectivity index (χ0n) is 18.6. The van der Waals surface area contributed by atoms with Crippen molar-refractivity contribution in [3.8, 4) is 0 Å². The lowest BCUT2D eigenvalue weighted by Crippen LogP contribution is -2.46. The number of anilines is 4. The fraction of sp³-hybridized carbons (Fsp3) is 0.478. The maximum absolute atomic E-state index is 11.4. The molecule has 4 bridgehead atoms. The highest BCUT2D eigenvalue weighted by Crippen LogP contribution is 2.34. The minimum absolute atomic E-state index is 0.104. The number of rotatable bonds is 2. The number of aromatic carboxylic acids is 1. The molecule has 0 radical (unpaired) electrons. The Labute approximate surface area is 192 Å². The van der Waals surface area contributed by atoms with Crippen molar-refractivity contribution in [1.82, 2.24) is 9.97 Å². The number of nitrogens with zero attached hydrogens (tertiary/aromatic N) is 4. The minimum Gasteiger partial charge on any atom is -0.477 e. The summed E-state index contributed by atoms with van der Waals surface area (Å²) in [5.41, 5.74) is 2.59.